The summed E-state index contributed by atoms with van der Waals surface area (Å²) in [5.74, 6) is 0.402. The molecule has 0 aromatic heterocycles. The Balaban J connectivity index is 1.98. The van der Waals surface area contributed by atoms with E-state index in [9.17, 15) is 0 Å². The minimum absolute atomic E-state index is 0.161. The molecule has 3 aliphatic rings. The van der Waals surface area contributed by atoms with E-state index in [0.717, 1.165) is 18.8 Å². The van der Waals surface area contributed by atoms with Gasteiger partial charge in [0, 0.05) is 11.8 Å². The molecule has 1 heterocycles. The number of ether oxygens (including phenoxy) is 2. The second-order valence-electron chi connectivity index (χ2n) is 7.35. The van der Waals surface area contributed by atoms with Crippen molar-refractivity contribution >= 4 is 0 Å². The monoisotopic (exact) mass is 264 g/mol. The van der Waals surface area contributed by atoms with Gasteiger partial charge in [-0.1, -0.05) is 18.1 Å². The summed E-state index contributed by atoms with van der Waals surface area (Å²) in [6, 6.07) is 0. The highest BCUT2D eigenvalue weighted by atomic mass is 16.8. The minimum atomic E-state index is -0.323. The van der Waals surface area contributed by atoms with E-state index in [4.69, 9.17) is 9.47 Å². The molecule has 0 aromatic carbocycles. The number of hydrogen-bond donors (Lipinski definition) is 0. The lowest BCUT2D eigenvalue weighted by Gasteiger charge is -2.55. The van der Waals surface area contributed by atoms with Crippen molar-refractivity contribution in [2.24, 2.45) is 11.3 Å². The van der Waals surface area contributed by atoms with Gasteiger partial charge in [-0.3, -0.25) is 0 Å². The standard InChI is InChI=1S/C17H28O2/c1-11-9-15-7-6-8-17(16(15,5)10-12(11)2)18-13(3)14(4)19-17/h13-15H,6-10H2,1-5H3/t13-,14-,15+,16-/m1/s1. The van der Waals surface area contributed by atoms with E-state index in [2.05, 4.69) is 34.6 Å². The highest BCUT2D eigenvalue weighted by Crippen LogP contribution is 2.60. The summed E-state index contributed by atoms with van der Waals surface area (Å²) in [7, 11) is 0. The Morgan fingerprint density at radius 3 is 2.32 bits per heavy atom. The second kappa shape index (κ2) is 4.33. The zero-order chi connectivity index (χ0) is 13.8. The Morgan fingerprint density at radius 1 is 1.05 bits per heavy atom. The molecule has 1 spiro atoms. The molecule has 1 aliphatic heterocycles. The van der Waals surface area contributed by atoms with Gasteiger partial charge < -0.3 is 9.47 Å². The maximum atomic E-state index is 6.41. The van der Waals surface area contributed by atoms with Crippen LogP contribution < -0.4 is 0 Å². The Hall–Kier alpha value is -0.340. The molecule has 19 heavy (non-hydrogen) atoms. The van der Waals surface area contributed by atoms with Crippen LogP contribution in [0.3, 0.4) is 0 Å². The molecular weight excluding hydrogens is 236 g/mol. The first-order chi connectivity index (χ1) is 8.88. The lowest BCUT2D eigenvalue weighted by molar-refractivity contribution is -0.279. The van der Waals surface area contributed by atoms with E-state index < -0.39 is 0 Å². The van der Waals surface area contributed by atoms with E-state index in [1.54, 1.807) is 11.1 Å². The number of allylic oxidation sites excluding steroid dienone is 2. The molecule has 0 unspecified atom stereocenters. The van der Waals surface area contributed by atoms with Crippen molar-refractivity contribution < 1.29 is 9.47 Å². The van der Waals surface area contributed by atoms with E-state index >= 15 is 0 Å². The van der Waals surface area contributed by atoms with Gasteiger partial charge in [0.2, 0.25) is 0 Å². The minimum Gasteiger partial charge on any atom is -0.344 e. The third kappa shape index (κ3) is 1.83. The zero-order valence-electron chi connectivity index (χ0n) is 13.1. The average molecular weight is 264 g/mol. The van der Waals surface area contributed by atoms with Gasteiger partial charge in [0.25, 0.3) is 0 Å². The molecule has 1 saturated carbocycles. The van der Waals surface area contributed by atoms with Gasteiger partial charge in [-0.15, -0.1) is 0 Å². The Morgan fingerprint density at radius 2 is 1.68 bits per heavy atom. The third-order valence-corrected chi connectivity index (χ3v) is 6.16. The van der Waals surface area contributed by atoms with Crippen molar-refractivity contribution in [1.82, 2.24) is 0 Å². The topological polar surface area (TPSA) is 18.5 Å². The van der Waals surface area contributed by atoms with E-state index in [-0.39, 0.29) is 23.4 Å². The molecule has 2 heteroatoms. The smallest absolute Gasteiger partial charge is 0.175 e. The molecule has 0 amide bonds. The van der Waals surface area contributed by atoms with E-state index in [0.29, 0.717) is 0 Å². The SMILES string of the molecule is CC1=C(C)C[C@]2(C)[C@@H](CCCC23O[C@H](C)[C@@H](C)O3)C1. The van der Waals surface area contributed by atoms with Crippen LogP contribution in [0.5, 0.6) is 0 Å². The largest absolute Gasteiger partial charge is 0.344 e. The maximum absolute atomic E-state index is 6.41. The Kier molecular flexibility index (Phi) is 3.10. The summed E-state index contributed by atoms with van der Waals surface area (Å²) >= 11 is 0. The molecule has 2 aliphatic carbocycles. The fourth-order valence-electron chi connectivity index (χ4n) is 4.56. The Bertz CT molecular complexity index is 401. The summed E-state index contributed by atoms with van der Waals surface area (Å²) in [5, 5.41) is 0. The highest BCUT2D eigenvalue weighted by Gasteiger charge is 2.61. The van der Waals surface area contributed by atoms with Gasteiger partial charge in [0.15, 0.2) is 5.79 Å². The van der Waals surface area contributed by atoms with Crippen LogP contribution in [0.4, 0.5) is 0 Å². The molecule has 108 valence electrons. The molecule has 3 rings (SSSR count). The summed E-state index contributed by atoms with van der Waals surface area (Å²) in [6.07, 6.45) is 6.47. The lowest BCUT2D eigenvalue weighted by Crippen LogP contribution is -2.56. The summed E-state index contributed by atoms with van der Waals surface area (Å²) in [5.41, 5.74) is 3.31. The molecular formula is C17H28O2. The molecule has 2 fully saturated rings. The zero-order valence-corrected chi connectivity index (χ0v) is 13.1. The highest BCUT2D eigenvalue weighted by molar-refractivity contribution is 5.22. The fourth-order valence-corrected chi connectivity index (χ4v) is 4.56. The first-order valence-electron chi connectivity index (χ1n) is 7.89. The van der Waals surface area contributed by atoms with Crippen molar-refractivity contribution in [2.75, 3.05) is 0 Å². The van der Waals surface area contributed by atoms with Crippen molar-refractivity contribution in [1.29, 1.82) is 0 Å². The van der Waals surface area contributed by atoms with Crippen molar-refractivity contribution in [3.63, 3.8) is 0 Å². The van der Waals surface area contributed by atoms with Gasteiger partial charge in [-0.25, -0.2) is 0 Å². The lowest BCUT2D eigenvalue weighted by atomic mass is 9.56. The van der Waals surface area contributed by atoms with Crippen LogP contribution in [0.25, 0.3) is 0 Å². The van der Waals surface area contributed by atoms with Gasteiger partial charge in [0.1, 0.15) is 0 Å². The maximum Gasteiger partial charge on any atom is 0.175 e. The number of fused-ring (bicyclic) bond motifs is 2. The number of rotatable bonds is 0. The second-order valence-corrected chi connectivity index (χ2v) is 7.35. The molecule has 4 atom stereocenters. The quantitative estimate of drug-likeness (QED) is 0.602. The Labute approximate surface area is 117 Å². The van der Waals surface area contributed by atoms with Gasteiger partial charge in [-0.05, 0) is 59.3 Å². The number of hydrogen-bond acceptors (Lipinski definition) is 2. The third-order valence-electron chi connectivity index (χ3n) is 6.16. The molecule has 2 nitrogen and oxygen atoms in total. The van der Waals surface area contributed by atoms with Crippen molar-refractivity contribution in [3.05, 3.63) is 11.1 Å². The van der Waals surface area contributed by atoms with Gasteiger partial charge in [-0.2, -0.15) is 0 Å². The summed E-state index contributed by atoms with van der Waals surface area (Å²) < 4.78 is 12.8. The van der Waals surface area contributed by atoms with E-state index in [1.165, 1.54) is 19.3 Å². The molecule has 1 saturated heterocycles. The first kappa shape index (κ1) is 13.6. The van der Waals surface area contributed by atoms with Crippen molar-refractivity contribution in [2.45, 2.75) is 84.7 Å². The van der Waals surface area contributed by atoms with Crippen LogP contribution in [0.1, 0.15) is 66.7 Å². The molecule has 0 radical (unpaired) electrons. The van der Waals surface area contributed by atoms with Crippen LogP contribution in [-0.4, -0.2) is 18.0 Å². The molecule has 0 bridgehead atoms. The van der Waals surface area contributed by atoms with Crippen LogP contribution in [0, 0.1) is 11.3 Å². The predicted molar refractivity (Wildman–Crippen MR) is 76.9 cm³/mol. The fraction of sp³-hybridized carbons (Fsp3) is 0.882. The van der Waals surface area contributed by atoms with Gasteiger partial charge in [0.05, 0.1) is 12.2 Å². The van der Waals surface area contributed by atoms with Gasteiger partial charge >= 0.3 is 0 Å². The first-order valence-corrected chi connectivity index (χ1v) is 7.89. The summed E-state index contributed by atoms with van der Waals surface area (Å²) in [6.45, 7) is 11.3. The van der Waals surface area contributed by atoms with Crippen molar-refractivity contribution in [3.8, 4) is 0 Å². The normalized spacial score (nSPS) is 45.6. The van der Waals surface area contributed by atoms with Crippen LogP contribution >= 0.6 is 0 Å². The molecule has 0 aromatic rings. The summed E-state index contributed by atoms with van der Waals surface area (Å²) in [4.78, 5) is 0. The predicted octanol–water partition coefficient (Wildman–Crippen LogP) is 4.44. The van der Waals surface area contributed by atoms with Crippen LogP contribution in [0.2, 0.25) is 0 Å². The average Bonchev–Trinajstić information content (AvgIpc) is 2.61. The van der Waals surface area contributed by atoms with E-state index in [1.807, 2.05) is 0 Å². The van der Waals surface area contributed by atoms with Crippen LogP contribution in [0.15, 0.2) is 11.1 Å². The van der Waals surface area contributed by atoms with Crippen LogP contribution in [-0.2, 0) is 9.47 Å². The molecule has 0 N–H and O–H groups in total.